The molecule has 0 bridgehead atoms. The first-order valence-corrected chi connectivity index (χ1v) is 9.77. The molecule has 9 heteroatoms. The highest BCUT2D eigenvalue weighted by Crippen LogP contribution is 2.15. The molecular formula is C18H16FN3O3S2. The number of thiocarbonyl (C=S) groups is 1. The maximum Gasteiger partial charge on any atom is 0.240 e. The molecule has 0 spiro atoms. The number of nitrogens with one attached hydrogen (secondary N) is 3. The normalized spacial score (nSPS) is 11.1. The summed E-state index contributed by atoms with van der Waals surface area (Å²) >= 11 is 5.19. The molecule has 0 unspecified atom stereocenters. The van der Waals surface area contributed by atoms with Gasteiger partial charge in [-0.05, 0) is 72.9 Å². The van der Waals surface area contributed by atoms with Crippen molar-refractivity contribution in [2.24, 2.45) is 0 Å². The molecule has 0 atom stereocenters. The second-order valence-corrected chi connectivity index (χ2v) is 7.69. The lowest BCUT2D eigenvalue weighted by Crippen LogP contribution is -2.23. The summed E-state index contributed by atoms with van der Waals surface area (Å²) < 4.78 is 45.0. The van der Waals surface area contributed by atoms with Gasteiger partial charge in [0.25, 0.3) is 0 Å². The van der Waals surface area contributed by atoms with E-state index in [1.807, 2.05) is 0 Å². The number of furan rings is 1. The first-order valence-electron chi connectivity index (χ1n) is 7.88. The fraction of sp³-hybridized carbons (Fsp3) is 0.0556. The maximum atomic E-state index is 12.9. The van der Waals surface area contributed by atoms with Crippen LogP contribution in [0.4, 0.5) is 15.8 Å². The topological polar surface area (TPSA) is 83.4 Å². The van der Waals surface area contributed by atoms with Crippen molar-refractivity contribution >= 4 is 38.7 Å². The predicted molar refractivity (Wildman–Crippen MR) is 105 cm³/mol. The number of halogens is 1. The minimum absolute atomic E-state index is 0.0704. The average Bonchev–Trinajstić information content (AvgIpc) is 3.16. The van der Waals surface area contributed by atoms with Gasteiger partial charge in [0.1, 0.15) is 11.6 Å². The number of anilines is 2. The number of sulfonamides is 1. The number of hydrogen-bond donors (Lipinski definition) is 3. The largest absolute Gasteiger partial charge is 0.468 e. The van der Waals surface area contributed by atoms with E-state index in [0.717, 1.165) is 0 Å². The van der Waals surface area contributed by atoms with Crippen molar-refractivity contribution in [1.29, 1.82) is 0 Å². The van der Waals surface area contributed by atoms with E-state index in [4.69, 9.17) is 16.6 Å². The maximum absolute atomic E-state index is 12.9. The van der Waals surface area contributed by atoms with Crippen LogP contribution >= 0.6 is 12.2 Å². The van der Waals surface area contributed by atoms with Gasteiger partial charge in [0.05, 0.1) is 17.7 Å². The molecule has 0 saturated carbocycles. The number of hydrogen-bond acceptors (Lipinski definition) is 4. The first kappa shape index (κ1) is 19.0. The lowest BCUT2D eigenvalue weighted by molar-refractivity contribution is 0.498. The lowest BCUT2D eigenvalue weighted by Gasteiger charge is -2.11. The Labute approximate surface area is 161 Å². The second-order valence-electron chi connectivity index (χ2n) is 5.51. The van der Waals surface area contributed by atoms with Crippen molar-refractivity contribution in [3.8, 4) is 0 Å². The van der Waals surface area contributed by atoms with Crippen LogP contribution in [0.15, 0.2) is 76.2 Å². The molecule has 0 saturated heterocycles. The molecule has 27 heavy (non-hydrogen) atoms. The Bertz CT molecular complexity index is 1000. The van der Waals surface area contributed by atoms with Crippen molar-refractivity contribution in [2.75, 3.05) is 10.6 Å². The third-order valence-electron chi connectivity index (χ3n) is 3.54. The van der Waals surface area contributed by atoms with Crippen LogP contribution in [0.25, 0.3) is 0 Å². The van der Waals surface area contributed by atoms with Gasteiger partial charge in [0.15, 0.2) is 5.11 Å². The van der Waals surface area contributed by atoms with Gasteiger partial charge in [-0.1, -0.05) is 0 Å². The Kier molecular flexibility index (Phi) is 5.84. The zero-order valence-corrected chi connectivity index (χ0v) is 15.6. The highest BCUT2D eigenvalue weighted by Gasteiger charge is 2.14. The van der Waals surface area contributed by atoms with Gasteiger partial charge in [-0.25, -0.2) is 17.5 Å². The molecule has 6 nitrogen and oxygen atoms in total. The van der Waals surface area contributed by atoms with Crippen molar-refractivity contribution < 1.29 is 17.2 Å². The van der Waals surface area contributed by atoms with E-state index in [1.54, 1.807) is 36.4 Å². The molecule has 3 rings (SSSR count). The third-order valence-corrected chi connectivity index (χ3v) is 5.16. The predicted octanol–water partition coefficient (Wildman–Crippen LogP) is 3.71. The van der Waals surface area contributed by atoms with Crippen molar-refractivity contribution in [3.63, 3.8) is 0 Å². The van der Waals surface area contributed by atoms with Gasteiger partial charge in [0, 0.05) is 11.4 Å². The Morgan fingerprint density at radius 1 is 0.963 bits per heavy atom. The van der Waals surface area contributed by atoms with Crippen molar-refractivity contribution in [3.05, 3.63) is 78.5 Å². The van der Waals surface area contributed by atoms with E-state index < -0.39 is 10.0 Å². The van der Waals surface area contributed by atoms with Crippen LogP contribution in [0.1, 0.15) is 5.76 Å². The molecule has 140 valence electrons. The Balaban J connectivity index is 1.59. The molecule has 0 radical (unpaired) electrons. The zero-order chi connectivity index (χ0) is 19.3. The highest BCUT2D eigenvalue weighted by atomic mass is 32.2. The second kappa shape index (κ2) is 8.30. The van der Waals surface area contributed by atoms with Gasteiger partial charge in [-0.3, -0.25) is 0 Å². The number of rotatable bonds is 6. The average molecular weight is 405 g/mol. The fourth-order valence-electron chi connectivity index (χ4n) is 2.21. The number of benzene rings is 2. The summed E-state index contributed by atoms with van der Waals surface area (Å²) in [6, 6.07) is 15.3. The molecule has 1 aromatic heterocycles. The minimum Gasteiger partial charge on any atom is -0.468 e. The van der Waals surface area contributed by atoms with Crippen molar-refractivity contribution in [1.82, 2.24) is 4.72 Å². The van der Waals surface area contributed by atoms with E-state index in [2.05, 4.69) is 15.4 Å². The zero-order valence-electron chi connectivity index (χ0n) is 14.0. The van der Waals surface area contributed by atoms with E-state index in [-0.39, 0.29) is 17.3 Å². The van der Waals surface area contributed by atoms with Gasteiger partial charge < -0.3 is 15.1 Å². The van der Waals surface area contributed by atoms with Gasteiger partial charge in [0.2, 0.25) is 10.0 Å². The monoisotopic (exact) mass is 405 g/mol. The summed E-state index contributed by atoms with van der Waals surface area (Å²) in [6.07, 6.45) is 1.48. The van der Waals surface area contributed by atoms with E-state index in [1.165, 1.54) is 30.5 Å². The van der Waals surface area contributed by atoms with E-state index >= 15 is 0 Å². The standard InChI is InChI=1S/C18H16FN3O3S2/c19-13-3-5-14(6-4-13)21-18(26)22-15-7-9-17(10-8-15)27(23,24)20-12-16-2-1-11-25-16/h1-11,20H,12H2,(H2,21,22,26). The molecule has 0 fully saturated rings. The van der Waals surface area contributed by atoms with E-state index in [9.17, 15) is 12.8 Å². The van der Waals surface area contributed by atoms with Gasteiger partial charge in [-0.2, -0.15) is 0 Å². The smallest absolute Gasteiger partial charge is 0.240 e. The summed E-state index contributed by atoms with van der Waals surface area (Å²) in [5.41, 5.74) is 1.25. The van der Waals surface area contributed by atoms with Gasteiger partial charge in [-0.15, -0.1) is 0 Å². The summed E-state index contributed by atoms with van der Waals surface area (Å²) in [6.45, 7) is 0.0704. The molecule has 0 aliphatic rings. The third kappa shape index (κ3) is 5.36. The van der Waals surface area contributed by atoms with Crippen LogP contribution in [0, 0.1) is 5.82 Å². The fourth-order valence-corrected chi connectivity index (χ4v) is 3.44. The minimum atomic E-state index is -3.66. The summed E-state index contributed by atoms with van der Waals surface area (Å²) in [5.74, 6) is 0.186. The summed E-state index contributed by atoms with van der Waals surface area (Å²) in [7, 11) is -3.66. The Morgan fingerprint density at radius 3 is 2.11 bits per heavy atom. The SMILES string of the molecule is O=S(=O)(NCc1ccco1)c1ccc(NC(=S)Nc2ccc(F)cc2)cc1. The molecule has 3 aromatic rings. The summed E-state index contributed by atoms with van der Waals surface area (Å²) in [4.78, 5) is 0.122. The van der Waals surface area contributed by atoms with Crippen LogP contribution in [0.3, 0.4) is 0 Å². The van der Waals surface area contributed by atoms with Crippen LogP contribution in [-0.2, 0) is 16.6 Å². The quantitative estimate of drug-likeness (QED) is 0.543. The first-order chi connectivity index (χ1) is 12.9. The summed E-state index contributed by atoms with van der Waals surface area (Å²) in [5, 5.41) is 6.14. The van der Waals surface area contributed by atoms with Crippen LogP contribution in [-0.4, -0.2) is 13.5 Å². The lowest BCUT2D eigenvalue weighted by atomic mass is 10.3. The van der Waals surface area contributed by atoms with E-state index in [0.29, 0.717) is 22.2 Å². The van der Waals surface area contributed by atoms with Crippen LogP contribution < -0.4 is 15.4 Å². The highest BCUT2D eigenvalue weighted by molar-refractivity contribution is 7.89. The molecule has 0 amide bonds. The van der Waals surface area contributed by atoms with Crippen LogP contribution in [0.5, 0.6) is 0 Å². The van der Waals surface area contributed by atoms with Crippen molar-refractivity contribution in [2.45, 2.75) is 11.4 Å². The Morgan fingerprint density at radius 2 is 1.56 bits per heavy atom. The molecule has 1 heterocycles. The molecule has 0 aliphatic carbocycles. The molecule has 3 N–H and O–H groups in total. The molecular weight excluding hydrogens is 389 g/mol. The molecule has 2 aromatic carbocycles. The Hall–Kier alpha value is -2.75. The van der Waals surface area contributed by atoms with Crippen LogP contribution in [0.2, 0.25) is 0 Å². The molecule has 0 aliphatic heterocycles. The van der Waals surface area contributed by atoms with Gasteiger partial charge >= 0.3 is 0 Å².